The van der Waals surface area contributed by atoms with E-state index in [0.29, 0.717) is 12.5 Å². The molecule has 0 saturated heterocycles. The van der Waals surface area contributed by atoms with Crippen molar-refractivity contribution in [2.75, 3.05) is 6.61 Å². The zero-order valence-electron chi connectivity index (χ0n) is 9.95. The van der Waals surface area contributed by atoms with Gasteiger partial charge in [-0.1, -0.05) is 22.0 Å². The Morgan fingerprint density at radius 1 is 1.44 bits per heavy atom. The fraction of sp³-hybridized carbons (Fsp3) is 0.308. The number of hydrogen-bond donors (Lipinski definition) is 0. The summed E-state index contributed by atoms with van der Waals surface area (Å²) in [5.74, 6) is 1.39. The molecular weight excluding hydrogens is 334 g/mol. The minimum absolute atomic E-state index is 0.474. The number of aromatic nitrogens is 1. The van der Waals surface area contributed by atoms with Gasteiger partial charge in [-0.2, -0.15) is 0 Å². The van der Waals surface area contributed by atoms with Gasteiger partial charge in [-0.25, -0.2) is 4.98 Å². The third-order valence-corrected chi connectivity index (χ3v) is 4.18. The Morgan fingerprint density at radius 3 is 3.00 bits per heavy atom. The van der Waals surface area contributed by atoms with Crippen LogP contribution in [0.4, 0.5) is 0 Å². The number of ether oxygens (including phenoxy) is 1. The number of nitrogens with zero attached hydrogens (tertiary/aromatic N) is 1. The molecule has 0 radical (unpaired) electrons. The van der Waals surface area contributed by atoms with Crippen molar-refractivity contribution in [3.63, 3.8) is 0 Å². The van der Waals surface area contributed by atoms with E-state index in [1.807, 2.05) is 30.5 Å². The van der Waals surface area contributed by atoms with Gasteiger partial charge >= 0.3 is 0 Å². The summed E-state index contributed by atoms with van der Waals surface area (Å²) in [6, 6.07) is 6.03. The first-order valence-corrected chi connectivity index (χ1v) is 7.78. The molecule has 0 fully saturated rings. The normalized spacial score (nSPS) is 10.6. The van der Waals surface area contributed by atoms with Gasteiger partial charge in [-0.05, 0) is 24.6 Å². The summed E-state index contributed by atoms with van der Waals surface area (Å²) in [5, 5.41) is 3.06. The van der Waals surface area contributed by atoms with Gasteiger partial charge in [-0.3, -0.25) is 0 Å². The maximum atomic E-state index is 5.77. The molecule has 0 spiro atoms. The zero-order valence-corrected chi connectivity index (χ0v) is 13.1. The molecule has 0 bridgehead atoms. The molecule has 0 aliphatic rings. The average molecular weight is 347 g/mol. The van der Waals surface area contributed by atoms with Crippen LogP contribution in [0, 0.1) is 6.92 Å². The summed E-state index contributed by atoms with van der Waals surface area (Å²) in [7, 11) is 0. The number of benzene rings is 1. The zero-order chi connectivity index (χ0) is 13.0. The lowest BCUT2D eigenvalue weighted by atomic mass is 10.2. The number of hydrogen-bond acceptors (Lipinski definition) is 3. The number of alkyl halides is 1. The largest absolute Gasteiger partial charge is 0.493 e. The lowest BCUT2D eigenvalue weighted by Crippen LogP contribution is -2.02. The first-order chi connectivity index (χ1) is 8.69. The molecule has 1 aromatic carbocycles. The summed E-state index contributed by atoms with van der Waals surface area (Å²) < 4.78 is 6.80. The van der Waals surface area contributed by atoms with Gasteiger partial charge in [0.2, 0.25) is 0 Å². The van der Waals surface area contributed by atoms with Crippen LogP contribution in [-0.4, -0.2) is 11.6 Å². The predicted molar refractivity (Wildman–Crippen MR) is 79.7 cm³/mol. The van der Waals surface area contributed by atoms with Gasteiger partial charge in [0.05, 0.1) is 23.2 Å². The molecular formula is C13H13BrClNOS. The Morgan fingerprint density at radius 2 is 2.28 bits per heavy atom. The van der Waals surface area contributed by atoms with Crippen molar-refractivity contribution in [2.24, 2.45) is 0 Å². The van der Waals surface area contributed by atoms with Crippen LogP contribution in [0.3, 0.4) is 0 Å². The minimum Gasteiger partial charge on any atom is -0.493 e. The minimum atomic E-state index is 0.474. The fourth-order valence-corrected chi connectivity index (χ4v) is 2.85. The maximum Gasteiger partial charge on any atom is 0.123 e. The lowest BCUT2D eigenvalue weighted by Gasteiger charge is -2.08. The van der Waals surface area contributed by atoms with Gasteiger partial charge in [-0.15, -0.1) is 22.9 Å². The predicted octanol–water partition coefficient (Wildman–Crippen LogP) is 4.57. The van der Waals surface area contributed by atoms with E-state index >= 15 is 0 Å². The number of aryl methyl sites for hydroxylation is 1. The molecule has 0 amide bonds. The Balaban J connectivity index is 1.90. The van der Waals surface area contributed by atoms with Gasteiger partial charge in [0.1, 0.15) is 5.75 Å². The van der Waals surface area contributed by atoms with E-state index in [9.17, 15) is 0 Å². The second-order valence-corrected chi connectivity index (χ2v) is 6.00. The smallest absolute Gasteiger partial charge is 0.123 e. The van der Waals surface area contributed by atoms with Crippen LogP contribution in [0.1, 0.15) is 16.3 Å². The van der Waals surface area contributed by atoms with E-state index in [1.165, 1.54) is 0 Å². The van der Waals surface area contributed by atoms with Crippen molar-refractivity contribution in [3.05, 3.63) is 44.3 Å². The summed E-state index contributed by atoms with van der Waals surface area (Å²) in [4.78, 5) is 4.40. The second-order valence-electron chi connectivity index (χ2n) is 3.87. The van der Waals surface area contributed by atoms with E-state index in [4.69, 9.17) is 16.3 Å². The molecule has 0 N–H and O–H groups in total. The molecule has 18 heavy (non-hydrogen) atoms. The monoisotopic (exact) mass is 345 g/mol. The van der Waals surface area contributed by atoms with Gasteiger partial charge in [0.25, 0.3) is 0 Å². The standard InChI is InChI=1S/C13H13BrClNOS/c1-9-2-3-10(14)6-12(9)17-5-4-13-16-11(7-15)8-18-13/h2-3,6,8H,4-5,7H2,1H3. The summed E-state index contributed by atoms with van der Waals surface area (Å²) in [5.41, 5.74) is 2.08. The van der Waals surface area contributed by atoms with Crippen LogP contribution >= 0.6 is 38.9 Å². The molecule has 2 aromatic rings. The second kappa shape index (κ2) is 6.55. The molecule has 0 aliphatic carbocycles. The van der Waals surface area contributed by atoms with Crippen molar-refractivity contribution in [3.8, 4) is 5.75 Å². The SMILES string of the molecule is Cc1ccc(Br)cc1OCCc1nc(CCl)cs1. The van der Waals surface area contributed by atoms with E-state index in [1.54, 1.807) is 11.3 Å². The molecule has 1 aromatic heterocycles. The summed E-state index contributed by atoms with van der Waals surface area (Å²) in [6.45, 7) is 2.67. The first-order valence-electron chi connectivity index (χ1n) is 5.57. The van der Waals surface area contributed by atoms with E-state index in [2.05, 4.69) is 20.9 Å². The molecule has 2 nitrogen and oxygen atoms in total. The van der Waals surface area contributed by atoms with Crippen LogP contribution in [-0.2, 0) is 12.3 Å². The topological polar surface area (TPSA) is 22.1 Å². The molecule has 96 valence electrons. The number of rotatable bonds is 5. The van der Waals surface area contributed by atoms with Crippen molar-refractivity contribution in [1.82, 2.24) is 4.98 Å². The third kappa shape index (κ3) is 3.70. The Bertz CT molecular complexity index is 529. The molecule has 0 unspecified atom stereocenters. The highest BCUT2D eigenvalue weighted by Crippen LogP contribution is 2.23. The molecule has 2 rings (SSSR count). The highest BCUT2D eigenvalue weighted by atomic mass is 79.9. The number of thiazole rings is 1. The molecule has 0 aliphatic heterocycles. The Labute approximate surface area is 124 Å². The number of halogens is 2. The highest BCUT2D eigenvalue weighted by molar-refractivity contribution is 9.10. The van der Waals surface area contributed by atoms with Crippen LogP contribution in [0.25, 0.3) is 0 Å². The van der Waals surface area contributed by atoms with E-state index < -0.39 is 0 Å². The summed E-state index contributed by atoms with van der Waals surface area (Å²) >= 11 is 10.8. The van der Waals surface area contributed by atoms with Crippen molar-refractivity contribution in [1.29, 1.82) is 0 Å². The van der Waals surface area contributed by atoms with Gasteiger partial charge in [0, 0.05) is 16.3 Å². The van der Waals surface area contributed by atoms with Crippen LogP contribution in [0.2, 0.25) is 0 Å². The molecule has 0 saturated carbocycles. The van der Waals surface area contributed by atoms with Crippen molar-refractivity contribution < 1.29 is 4.74 Å². The third-order valence-electron chi connectivity index (χ3n) is 2.46. The Hall–Kier alpha value is -0.580. The molecule has 1 heterocycles. The molecule has 0 atom stereocenters. The summed E-state index contributed by atoms with van der Waals surface area (Å²) in [6.07, 6.45) is 0.813. The Kier molecular flexibility index (Phi) is 5.03. The van der Waals surface area contributed by atoms with Gasteiger partial charge in [0.15, 0.2) is 0 Å². The van der Waals surface area contributed by atoms with E-state index in [0.717, 1.165) is 32.9 Å². The molecule has 5 heteroatoms. The van der Waals surface area contributed by atoms with Gasteiger partial charge < -0.3 is 4.74 Å². The van der Waals surface area contributed by atoms with Crippen LogP contribution in [0.5, 0.6) is 5.75 Å². The van der Waals surface area contributed by atoms with Crippen molar-refractivity contribution >= 4 is 38.9 Å². The maximum absolute atomic E-state index is 5.77. The quantitative estimate of drug-likeness (QED) is 0.740. The van der Waals surface area contributed by atoms with Crippen LogP contribution in [0.15, 0.2) is 28.1 Å². The lowest BCUT2D eigenvalue weighted by molar-refractivity contribution is 0.319. The van der Waals surface area contributed by atoms with E-state index in [-0.39, 0.29) is 0 Å². The van der Waals surface area contributed by atoms with Crippen LogP contribution < -0.4 is 4.74 Å². The van der Waals surface area contributed by atoms with Crippen molar-refractivity contribution in [2.45, 2.75) is 19.2 Å². The fourth-order valence-electron chi connectivity index (χ4n) is 1.50. The first kappa shape index (κ1) is 13.8. The highest BCUT2D eigenvalue weighted by Gasteiger charge is 2.03. The average Bonchev–Trinajstić information content (AvgIpc) is 2.81.